The fraction of sp³-hybridized carbons (Fsp3) is 0.267. The summed E-state index contributed by atoms with van der Waals surface area (Å²) in [5, 5.41) is 0. The first-order valence-corrected chi connectivity index (χ1v) is 7.48. The maximum Gasteiger partial charge on any atom is 0.270 e. The van der Waals surface area contributed by atoms with Crippen molar-refractivity contribution in [3.63, 3.8) is 0 Å². The summed E-state index contributed by atoms with van der Waals surface area (Å²) in [4.78, 5) is 17.2. The number of carbonyl (C=O) groups excluding carboxylic acids is 1. The largest absolute Gasteiger partial charge is 0.454 e. The topological polar surface area (TPSA) is 54.6 Å². The van der Waals surface area contributed by atoms with Gasteiger partial charge in [0.15, 0.2) is 11.5 Å². The number of benzene rings is 1. The molecule has 0 bridgehead atoms. The lowest BCUT2D eigenvalue weighted by Crippen LogP contribution is -2.30. The minimum Gasteiger partial charge on any atom is -0.454 e. The van der Waals surface area contributed by atoms with E-state index in [4.69, 9.17) is 9.47 Å². The molecule has 3 rings (SSSR count). The van der Waals surface area contributed by atoms with Crippen molar-refractivity contribution in [2.45, 2.75) is 13.5 Å². The van der Waals surface area contributed by atoms with Crippen LogP contribution in [0.1, 0.15) is 23.0 Å². The van der Waals surface area contributed by atoms with Crippen LogP contribution in [-0.4, -0.2) is 29.1 Å². The van der Waals surface area contributed by atoms with Gasteiger partial charge in [-0.15, -0.1) is 0 Å². The quantitative estimate of drug-likeness (QED) is 0.921. The zero-order valence-electron chi connectivity index (χ0n) is 11.6. The molecule has 0 saturated heterocycles. The van der Waals surface area contributed by atoms with Crippen molar-refractivity contribution in [2.24, 2.45) is 0 Å². The Labute approximate surface area is 131 Å². The summed E-state index contributed by atoms with van der Waals surface area (Å²) in [5.41, 5.74) is 1.59. The zero-order chi connectivity index (χ0) is 14.8. The highest BCUT2D eigenvalue weighted by Crippen LogP contribution is 2.32. The Morgan fingerprint density at radius 2 is 2.14 bits per heavy atom. The molecule has 1 amide bonds. The number of ether oxygens (including phenoxy) is 2. The Morgan fingerprint density at radius 3 is 2.86 bits per heavy atom. The van der Waals surface area contributed by atoms with E-state index in [0.29, 0.717) is 18.8 Å². The van der Waals surface area contributed by atoms with E-state index in [1.54, 1.807) is 17.2 Å². The summed E-state index contributed by atoms with van der Waals surface area (Å²) in [6.45, 7) is 3.38. The molecule has 0 unspecified atom stereocenters. The van der Waals surface area contributed by atoms with Gasteiger partial charge in [0.2, 0.25) is 6.79 Å². The summed E-state index contributed by atoms with van der Waals surface area (Å²) in [6, 6.07) is 7.53. The summed E-state index contributed by atoms with van der Waals surface area (Å²) in [5.74, 6) is 1.46. The van der Waals surface area contributed by atoms with Gasteiger partial charge in [-0.05, 0) is 46.6 Å². The van der Waals surface area contributed by atoms with Crippen LogP contribution in [0.5, 0.6) is 11.5 Å². The maximum atomic E-state index is 12.4. The van der Waals surface area contributed by atoms with E-state index < -0.39 is 0 Å². The van der Waals surface area contributed by atoms with E-state index in [1.807, 2.05) is 25.1 Å². The number of hydrogen-bond acceptors (Lipinski definition) is 3. The molecule has 1 aromatic carbocycles. The van der Waals surface area contributed by atoms with Gasteiger partial charge in [0.25, 0.3) is 5.91 Å². The van der Waals surface area contributed by atoms with Gasteiger partial charge in [-0.25, -0.2) is 0 Å². The van der Waals surface area contributed by atoms with Crippen molar-refractivity contribution in [1.82, 2.24) is 9.88 Å². The van der Waals surface area contributed by atoms with Crippen LogP contribution >= 0.6 is 15.9 Å². The van der Waals surface area contributed by atoms with Crippen LogP contribution in [-0.2, 0) is 6.54 Å². The first-order chi connectivity index (χ1) is 10.2. The third kappa shape index (κ3) is 2.90. The highest BCUT2D eigenvalue weighted by molar-refractivity contribution is 9.10. The summed E-state index contributed by atoms with van der Waals surface area (Å²) in [7, 11) is 0. The maximum absolute atomic E-state index is 12.4. The number of carbonyl (C=O) groups is 1. The van der Waals surface area contributed by atoms with Crippen LogP contribution in [0.2, 0.25) is 0 Å². The molecule has 1 aliphatic heterocycles. The molecule has 0 radical (unpaired) electrons. The van der Waals surface area contributed by atoms with Crippen LogP contribution in [0.25, 0.3) is 0 Å². The van der Waals surface area contributed by atoms with Gasteiger partial charge in [0.1, 0.15) is 5.69 Å². The van der Waals surface area contributed by atoms with Crippen molar-refractivity contribution < 1.29 is 14.3 Å². The lowest BCUT2D eigenvalue weighted by molar-refractivity contribution is 0.0747. The normalized spacial score (nSPS) is 12.5. The number of aromatic amines is 1. The monoisotopic (exact) mass is 350 g/mol. The average Bonchev–Trinajstić information content (AvgIpc) is 3.12. The number of amides is 1. The lowest BCUT2D eigenvalue weighted by Gasteiger charge is -2.20. The Kier molecular flexibility index (Phi) is 3.88. The van der Waals surface area contributed by atoms with Gasteiger partial charge in [-0.2, -0.15) is 0 Å². The first kappa shape index (κ1) is 14.0. The van der Waals surface area contributed by atoms with Crippen molar-refractivity contribution in [3.8, 4) is 11.5 Å². The molecule has 1 aromatic heterocycles. The van der Waals surface area contributed by atoms with Crippen molar-refractivity contribution in [3.05, 3.63) is 46.2 Å². The third-order valence-electron chi connectivity index (χ3n) is 3.36. The SMILES string of the molecule is CCN(Cc1ccc2c(c1)OCO2)C(=O)c1cc(Br)c[nH]1. The molecule has 0 spiro atoms. The molecule has 110 valence electrons. The smallest absolute Gasteiger partial charge is 0.270 e. The Balaban J connectivity index is 1.76. The van der Waals surface area contributed by atoms with Gasteiger partial charge in [0, 0.05) is 23.8 Å². The van der Waals surface area contributed by atoms with Crippen molar-refractivity contribution >= 4 is 21.8 Å². The number of nitrogens with zero attached hydrogens (tertiary/aromatic N) is 1. The third-order valence-corrected chi connectivity index (χ3v) is 3.82. The van der Waals surface area contributed by atoms with Crippen molar-refractivity contribution in [1.29, 1.82) is 0 Å². The molecular weight excluding hydrogens is 336 g/mol. The Morgan fingerprint density at radius 1 is 1.33 bits per heavy atom. The predicted octanol–water partition coefficient (Wildman–Crippen LogP) is 3.17. The lowest BCUT2D eigenvalue weighted by atomic mass is 10.2. The fourth-order valence-corrected chi connectivity index (χ4v) is 2.59. The zero-order valence-corrected chi connectivity index (χ0v) is 13.1. The number of fused-ring (bicyclic) bond motifs is 1. The molecule has 0 fully saturated rings. The molecule has 0 atom stereocenters. The molecule has 21 heavy (non-hydrogen) atoms. The molecule has 2 aromatic rings. The minimum absolute atomic E-state index is 0.0270. The standard InChI is InChI=1S/C15H15BrN2O3/c1-2-18(15(19)12-6-11(16)7-17-12)8-10-3-4-13-14(5-10)21-9-20-13/h3-7,17H,2,8-9H2,1H3. The molecule has 5 nitrogen and oxygen atoms in total. The fourth-order valence-electron chi connectivity index (χ4n) is 2.25. The van der Waals surface area contributed by atoms with Crippen LogP contribution in [0.4, 0.5) is 0 Å². The van der Waals surface area contributed by atoms with Gasteiger partial charge < -0.3 is 19.4 Å². The summed E-state index contributed by atoms with van der Waals surface area (Å²) >= 11 is 3.34. The number of nitrogens with one attached hydrogen (secondary N) is 1. The number of hydrogen-bond donors (Lipinski definition) is 1. The highest BCUT2D eigenvalue weighted by atomic mass is 79.9. The van der Waals surface area contributed by atoms with Gasteiger partial charge >= 0.3 is 0 Å². The minimum atomic E-state index is -0.0270. The van der Waals surface area contributed by atoms with Crippen molar-refractivity contribution in [2.75, 3.05) is 13.3 Å². The molecule has 0 aliphatic carbocycles. The van der Waals surface area contributed by atoms with E-state index >= 15 is 0 Å². The number of rotatable bonds is 4. The molecular formula is C15H15BrN2O3. The molecule has 1 aliphatic rings. The Hall–Kier alpha value is -1.95. The summed E-state index contributed by atoms with van der Waals surface area (Å²) in [6.07, 6.45) is 1.75. The van der Waals surface area contributed by atoms with E-state index in [2.05, 4.69) is 20.9 Å². The molecule has 0 saturated carbocycles. The van der Waals surface area contributed by atoms with E-state index in [-0.39, 0.29) is 12.7 Å². The summed E-state index contributed by atoms with van der Waals surface area (Å²) < 4.78 is 11.5. The number of halogens is 1. The second-order valence-corrected chi connectivity index (χ2v) is 5.65. The van der Waals surface area contributed by atoms with Crippen LogP contribution in [0, 0.1) is 0 Å². The molecule has 2 heterocycles. The predicted molar refractivity (Wildman–Crippen MR) is 81.5 cm³/mol. The van der Waals surface area contributed by atoms with Crippen LogP contribution in [0.15, 0.2) is 34.9 Å². The van der Waals surface area contributed by atoms with Crippen LogP contribution < -0.4 is 9.47 Å². The van der Waals surface area contributed by atoms with Gasteiger partial charge in [0.05, 0.1) is 0 Å². The van der Waals surface area contributed by atoms with E-state index in [0.717, 1.165) is 21.5 Å². The van der Waals surface area contributed by atoms with E-state index in [9.17, 15) is 4.79 Å². The molecule has 1 N–H and O–H groups in total. The van der Waals surface area contributed by atoms with Crippen LogP contribution in [0.3, 0.4) is 0 Å². The second-order valence-electron chi connectivity index (χ2n) is 4.74. The number of aromatic nitrogens is 1. The van der Waals surface area contributed by atoms with Gasteiger partial charge in [-0.3, -0.25) is 4.79 Å². The van der Waals surface area contributed by atoms with E-state index in [1.165, 1.54) is 0 Å². The second kappa shape index (κ2) is 5.81. The Bertz CT molecular complexity index is 669. The first-order valence-electron chi connectivity index (χ1n) is 6.69. The average molecular weight is 351 g/mol. The van der Waals surface area contributed by atoms with Gasteiger partial charge in [-0.1, -0.05) is 6.07 Å². The highest BCUT2D eigenvalue weighted by Gasteiger charge is 2.18. The number of H-pyrrole nitrogens is 1. The molecule has 6 heteroatoms.